The van der Waals surface area contributed by atoms with Gasteiger partial charge in [0.2, 0.25) is 0 Å². The van der Waals surface area contributed by atoms with E-state index in [9.17, 15) is 9.59 Å². The number of nitrogens with zero attached hydrogens (tertiary/aromatic N) is 4. The number of pyridine rings is 1. The summed E-state index contributed by atoms with van der Waals surface area (Å²) < 4.78 is 3.28. The SMILES string of the molecule is Cc1ccc2nc3c(cc(C(=O)N4CCCC4)n3C)c(=O)n2c1. The molecule has 1 fully saturated rings. The van der Waals surface area contributed by atoms with Crippen molar-refractivity contribution in [2.24, 2.45) is 7.05 Å². The van der Waals surface area contributed by atoms with Crippen molar-refractivity contribution in [3.8, 4) is 0 Å². The zero-order chi connectivity index (χ0) is 16.1. The van der Waals surface area contributed by atoms with E-state index in [4.69, 9.17) is 0 Å². The summed E-state index contributed by atoms with van der Waals surface area (Å²) in [6.07, 6.45) is 3.86. The molecule has 0 aliphatic carbocycles. The fourth-order valence-electron chi connectivity index (χ4n) is 3.26. The van der Waals surface area contributed by atoms with Crippen LogP contribution in [0.2, 0.25) is 0 Å². The van der Waals surface area contributed by atoms with E-state index in [2.05, 4.69) is 4.98 Å². The van der Waals surface area contributed by atoms with E-state index in [1.54, 1.807) is 28.3 Å². The second-order valence-electron chi connectivity index (χ2n) is 6.18. The number of carbonyl (C=O) groups excluding carboxylic acids is 1. The average molecular weight is 310 g/mol. The lowest BCUT2D eigenvalue weighted by Gasteiger charge is -2.15. The molecule has 23 heavy (non-hydrogen) atoms. The highest BCUT2D eigenvalue weighted by Gasteiger charge is 2.24. The van der Waals surface area contributed by atoms with Gasteiger partial charge in [0.1, 0.15) is 17.0 Å². The molecule has 0 bridgehead atoms. The number of fused-ring (bicyclic) bond motifs is 2. The van der Waals surface area contributed by atoms with Crippen LogP contribution in [0.4, 0.5) is 0 Å². The minimum atomic E-state index is -0.134. The molecule has 0 radical (unpaired) electrons. The Hall–Kier alpha value is -2.63. The Bertz CT molecular complexity index is 993. The number of aryl methyl sites for hydroxylation is 2. The highest BCUT2D eigenvalue weighted by Crippen LogP contribution is 2.19. The molecule has 1 saturated heterocycles. The highest BCUT2D eigenvalue weighted by molar-refractivity contribution is 5.98. The van der Waals surface area contributed by atoms with Crippen LogP contribution in [0.5, 0.6) is 0 Å². The van der Waals surface area contributed by atoms with Crippen LogP contribution in [-0.2, 0) is 7.05 Å². The summed E-state index contributed by atoms with van der Waals surface area (Å²) in [6.45, 7) is 3.51. The minimum absolute atomic E-state index is 0.0207. The summed E-state index contributed by atoms with van der Waals surface area (Å²) >= 11 is 0. The number of rotatable bonds is 1. The van der Waals surface area contributed by atoms with Crippen LogP contribution in [0.15, 0.2) is 29.2 Å². The molecule has 4 rings (SSSR count). The summed E-state index contributed by atoms with van der Waals surface area (Å²) in [5.41, 5.74) is 2.53. The van der Waals surface area contributed by atoms with Crippen molar-refractivity contribution >= 4 is 22.6 Å². The Morgan fingerprint density at radius 1 is 1.22 bits per heavy atom. The van der Waals surface area contributed by atoms with E-state index >= 15 is 0 Å². The third-order valence-corrected chi connectivity index (χ3v) is 4.56. The topological polar surface area (TPSA) is 59.6 Å². The Balaban J connectivity index is 1.96. The maximum Gasteiger partial charge on any atom is 0.270 e. The highest BCUT2D eigenvalue weighted by atomic mass is 16.2. The molecule has 1 aliphatic heterocycles. The van der Waals surface area contributed by atoms with E-state index in [0.717, 1.165) is 31.5 Å². The van der Waals surface area contributed by atoms with Crippen LogP contribution >= 0.6 is 0 Å². The van der Waals surface area contributed by atoms with Crippen LogP contribution in [0, 0.1) is 6.92 Å². The molecule has 4 heterocycles. The van der Waals surface area contributed by atoms with Crippen LogP contribution in [0.3, 0.4) is 0 Å². The standard InChI is InChI=1S/C17H18N4O2/c1-11-5-6-14-18-15-12(16(22)21(14)10-11)9-13(19(15)2)17(23)20-7-3-4-8-20/h5-6,9-10H,3-4,7-8H2,1-2H3. The third-order valence-electron chi connectivity index (χ3n) is 4.56. The first-order chi connectivity index (χ1) is 11.1. The molecule has 1 aliphatic rings. The van der Waals surface area contributed by atoms with E-state index in [1.807, 2.05) is 24.0 Å². The van der Waals surface area contributed by atoms with E-state index in [-0.39, 0.29) is 11.5 Å². The van der Waals surface area contributed by atoms with Crippen molar-refractivity contribution < 1.29 is 4.79 Å². The van der Waals surface area contributed by atoms with Crippen LogP contribution in [0.1, 0.15) is 28.9 Å². The van der Waals surface area contributed by atoms with Gasteiger partial charge in [-0.1, -0.05) is 6.07 Å². The summed E-state index contributed by atoms with van der Waals surface area (Å²) in [5.74, 6) is -0.0207. The van der Waals surface area contributed by atoms with Crippen molar-refractivity contribution in [1.82, 2.24) is 18.9 Å². The molecule has 1 amide bonds. The molecule has 0 aromatic carbocycles. The van der Waals surface area contributed by atoms with E-state index in [1.165, 1.54) is 0 Å². The maximum absolute atomic E-state index is 12.7. The zero-order valence-corrected chi connectivity index (χ0v) is 13.2. The third kappa shape index (κ3) is 2.05. The monoisotopic (exact) mass is 310 g/mol. The lowest BCUT2D eigenvalue weighted by molar-refractivity contribution is 0.0784. The quantitative estimate of drug-likeness (QED) is 0.688. The molecule has 3 aromatic heterocycles. The van der Waals surface area contributed by atoms with Crippen LogP contribution in [-0.4, -0.2) is 37.8 Å². The van der Waals surface area contributed by atoms with E-state index < -0.39 is 0 Å². The van der Waals surface area contributed by atoms with Gasteiger partial charge in [-0.15, -0.1) is 0 Å². The average Bonchev–Trinajstić information content (AvgIpc) is 3.17. The summed E-state index contributed by atoms with van der Waals surface area (Å²) in [5, 5.41) is 0.484. The van der Waals surface area contributed by atoms with Gasteiger partial charge in [0, 0.05) is 26.3 Å². The molecule has 0 spiro atoms. The molecule has 6 heteroatoms. The van der Waals surface area contributed by atoms with Gasteiger partial charge in [-0.3, -0.25) is 14.0 Å². The van der Waals surface area contributed by atoms with Gasteiger partial charge < -0.3 is 9.47 Å². The number of carbonyl (C=O) groups is 1. The Labute approximate surface area is 133 Å². The van der Waals surface area contributed by atoms with Crippen molar-refractivity contribution in [3.05, 3.63) is 46.0 Å². The number of amides is 1. The van der Waals surface area contributed by atoms with Gasteiger partial charge in [-0.05, 0) is 37.5 Å². The fourth-order valence-corrected chi connectivity index (χ4v) is 3.26. The Morgan fingerprint density at radius 3 is 2.70 bits per heavy atom. The van der Waals surface area contributed by atoms with Crippen molar-refractivity contribution in [2.75, 3.05) is 13.1 Å². The minimum Gasteiger partial charge on any atom is -0.337 e. The van der Waals surface area contributed by atoms with Gasteiger partial charge in [0.15, 0.2) is 0 Å². The van der Waals surface area contributed by atoms with Gasteiger partial charge in [0.05, 0.1) is 5.39 Å². The molecule has 0 saturated carbocycles. The predicted octanol–water partition coefficient (Wildman–Crippen LogP) is 1.73. The second-order valence-corrected chi connectivity index (χ2v) is 6.18. The Kier molecular flexibility index (Phi) is 3.01. The van der Waals surface area contributed by atoms with Crippen molar-refractivity contribution in [3.63, 3.8) is 0 Å². The van der Waals surface area contributed by atoms with Crippen molar-refractivity contribution in [1.29, 1.82) is 0 Å². The first-order valence-electron chi connectivity index (χ1n) is 7.84. The first kappa shape index (κ1) is 14.0. The number of aromatic nitrogens is 3. The fraction of sp³-hybridized carbons (Fsp3) is 0.353. The lowest BCUT2D eigenvalue weighted by atomic mass is 10.3. The number of likely N-dealkylation sites (tertiary alicyclic amines) is 1. The molecule has 3 aromatic rings. The van der Waals surface area contributed by atoms with Crippen molar-refractivity contribution in [2.45, 2.75) is 19.8 Å². The maximum atomic E-state index is 12.7. The molecular weight excluding hydrogens is 292 g/mol. The second kappa shape index (κ2) is 4.94. The summed E-state index contributed by atoms with van der Waals surface area (Å²) in [7, 11) is 1.79. The Morgan fingerprint density at radius 2 is 1.96 bits per heavy atom. The molecule has 0 unspecified atom stereocenters. The van der Waals surface area contributed by atoms with Gasteiger partial charge >= 0.3 is 0 Å². The molecular formula is C17H18N4O2. The largest absolute Gasteiger partial charge is 0.337 e. The van der Waals surface area contributed by atoms with Gasteiger partial charge in [0.25, 0.3) is 11.5 Å². The number of hydrogen-bond donors (Lipinski definition) is 0. The van der Waals surface area contributed by atoms with Gasteiger partial charge in [-0.25, -0.2) is 4.98 Å². The predicted molar refractivity (Wildman–Crippen MR) is 87.8 cm³/mol. The molecule has 0 atom stereocenters. The molecule has 6 nitrogen and oxygen atoms in total. The molecule has 118 valence electrons. The number of hydrogen-bond acceptors (Lipinski definition) is 3. The lowest BCUT2D eigenvalue weighted by Crippen LogP contribution is -2.29. The zero-order valence-electron chi connectivity index (χ0n) is 13.2. The summed E-state index contributed by atoms with van der Waals surface area (Å²) in [4.78, 5) is 31.8. The smallest absolute Gasteiger partial charge is 0.270 e. The first-order valence-corrected chi connectivity index (χ1v) is 7.84. The van der Waals surface area contributed by atoms with E-state index in [0.29, 0.717) is 22.4 Å². The van der Waals surface area contributed by atoms with Crippen LogP contribution in [0.25, 0.3) is 16.7 Å². The molecule has 0 N–H and O–H groups in total. The summed E-state index contributed by atoms with van der Waals surface area (Å²) in [6, 6.07) is 5.43. The normalized spacial score (nSPS) is 15.0. The van der Waals surface area contributed by atoms with Crippen LogP contribution < -0.4 is 5.56 Å². The van der Waals surface area contributed by atoms with Gasteiger partial charge in [-0.2, -0.15) is 0 Å².